The van der Waals surface area contributed by atoms with Crippen LogP contribution < -0.4 is 5.32 Å². The summed E-state index contributed by atoms with van der Waals surface area (Å²) in [5.41, 5.74) is 1.00. The quantitative estimate of drug-likeness (QED) is 0.906. The van der Waals surface area contributed by atoms with Crippen LogP contribution in [0.1, 0.15) is 34.3 Å². The molecular formula is C18H20N2O4. The molecule has 1 aromatic heterocycles. The highest BCUT2D eigenvalue weighted by Gasteiger charge is 2.27. The Morgan fingerprint density at radius 1 is 1.29 bits per heavy atom. The van der Waals surface area contributed by atoms with E-state index >= 15 is 0 Å². The molecule has 0 saturated carbocycles. The Kier molecular flexibility index (Phi) is 4.66. The van der Waals surface area contributed by atoms with Crippen LogP contribution >= 0.6 is 0 Å². The summed E-state index contributed by atoms with van der Waals surface area (Å²) in [6.45, 7) is 2.94. The lowest BCUT2D eigenvalue weighted by atomic mass is 9.95. The molecule has 1 aliphatic rings. The van der Waals surface area contributed by atoms with Crippen LogP contribution in [-0.4, -0.2) is 41.0 Å². The van der Waals surface area contributed by atoms with Gasteiger partial charge in [-0.1, -0.05) is 13.0 Å². The average molecular weight is 328 g/mol. The number of carbonyl (C=O) groups excluding carboxylic acids is 2. The summed E-state index contributed by atoms with van der Waals surface area (Å²) in [6, 6.07) is 9.97. The number of aliphatic hydroxyl groups is 1. The van der Waals surface area contributed by atoms with Gasteiger partial charge in [0.25, 0.3) is 11.8 Å². The predicted molar refractivity (Wildman–Crippen MR) is 88.8 cm³/mol. The third kappa shape index (κ3) is 3.49. The van der Waals surface area contributed by atoms with Crippen LogP contribution in [0.2, 0.25) is 0 Å². The van der Waals surface area contributed by atoms with Crippen molar-refractivity contribution >= 4 is 17.5 Å². The number of amides is 2. The van der Waals surface area contributed by atoms with Gasteiger partial charge in [-0.2, -0.15) is 0 Å². The Labute approximate surface area is 140 Å². The minimum Gasteiger partial charge on any atom is -0.459 e. The van der Waals surface area contributed by atoms with E-state index in [0.29, 0.717) is 24.3 Å². The number of piperidine rings is 1. The van der Waals surface area contributed by atoms with Crippen molar-refractivity contribution in [2.24, 2.45) is 5.92 Å². The van der Waals surface area contributed by atoms with Crippen molar-refractivity contribution in [2.75, 3.05) is 18.4 Å². The van der Waals surface area contributed by atoms with Crippen molar-refractivity contribution in [2.45, 2.75) is 19.4 Å². The van der Waals surface area contributed by atoms with Crippen molar-refractivity contribution in [3.63, 3.8) is 0 Å². The minimum atomic E-state index is -0.496. The molecule has 126 valence electrons. The maximum Gasteiger partial charge on any atom is 0.291 e. The second-order valence-corrected chi connectivity index (χ2v) is 6.10. The van der Waals surface area contributed by atoms with Crippen LogP contribution in [0.15, 0.2) is 47.1 Å². The number of likely N-dealkylation sites (tertiary alicyclic amines) is 1. The van der Waals surface area contributed by atoms with Crippen LogP contribution in [0.25, 0.3) is 0 Å². The number of β-amino-alcohol motifs (C(OH)–C–C–N with tert-alkyl or cyclic N) is 1. The Morgan fingerprint density at radius 3 is 2.83 bits per heavy atom. The summed E-state index contributed by atoms with van der Waals surface area (Å²) in [4.78, 5) is 26.3. The molecule has 0 aliphatic carbocycles. The fraction of sp³-hybridized carbons (Fsp3) is 0.333. The molecule has 2 unspecified atom stereocenters. The fourth-order valence-electron chi connectivity index (χ4n) is 2.75. The number of benzene rings is 1. The maximum absolute atomic E-state index is 12.6. The number of furan rings is 1. The van der Waals surface area contributed by atoms with Crippen molar-refractivity contribution in [3.8, 4) is 0 Å². The molecule has 3 rings (SSSR count). The van der Waals surface area contributed by atoms with Gasteiger partial charge in [0.1, 0.15) is 0 Å². The van der Waals surface area contributed by atoms with E-state index in [-0.39, 0.29) is 23.5 Å². The number of carbonyl (C=O) groups is 2. The highest BCUT2D eigenvalue weighted by molar-refractivity contribution is 6.03. The first kappa shape index (κ1) is 16.3. The molecule has 24 heavy (non-hydrogen) atoms. The van der Waals surface area contributed by atoms with Gasteiger partial charge in [0.2, 0.25) is 0 Å². The van der Waals surface area contributed by atoms with Crippen LogP contribution in [0.3, 0.4) is 0 Å². The van der Waals surface area contributed by atoms with Gasteiger partial charge in [0, 0.05) is 24.3 Å². The van der Waals surface area contributed by atoms with E-state index in [1.807, 2.05) is 6.92 Å². The number of hydrogen-bond donors (Lipinski definition) is 2. The number of rotatable bonds is 3. The zero-order valence-corrected chi connectivity index (χ0v) is 13.4. The van der Waals surface area contributed by atoms with Gasteiger partial charge in [-0.25, -0.2) is 0 Å². The Morgan fingerprint density at radius 2 is 2.12 bits per heavy atom. The fourth-order valence-corrected chi connectivity index (χ4v) is 2.75. The highest BCUT2D eigenvalue weighted by atomic mass is 16.3. The van der Waals surface area contributed by atoms with Gasteiger partial charge in [-0.05, 0) is 42.7 Å². The van der Waals surface area contributed by atoms with Crippen molar-refractivity contribution in [1.82, 2.24) is 4.90 Å². The standard InChI is InChI=1S/C18H20N2O4/c1-12-7-8-20(11-15(12)21)18(23)13-4-2-5-14(10-13)19-17(22)16-6-3-9-24-16/h2-6,9-10,12,15,21H,7-8,11H2,1H3,(H,19,22). The molecule has 1 saturated heterocycles. The predicted octanol–water partition coefficient (Wildman–Crippen LogP) is 2.37. The molecule has 1 aliphatic heterocycles. The molecule has 2 heterocycles. The summed E-state index contributed by atoms with van der Waals surface area (Å²) in [7, 11) is 0. The van der Waals surface area contributed by atoms with E-state index in [1.165, 1.54) is 6.26 Å². The zero-order chi connectivity index (χ0) is 17.1. The van der Waals surface area contributed by atoms with Crippen molar-refractivity contribution in [1.29, 1.82) is 0 Å². The van der Waals surface area contributed by atoms with Gasteiger partial charge in [-0.3, -0.25) is 9.59 Å². The second-order valence-electron chi connectivity index (χ2n) is 6.10. The number of anilines is 1. The van der Waals surface area contributed by atoms with Crippen LogP contribution in [0, 0.1) is 5.92 Å². The highest BCUT2D eigenvalue weighted by Crippen LogP contribution is 2.20. The van der Waals surface area contributed by atoms with Crippen LogP contribution in [-0.2, 0) is 0 Å². The van der Waals surface area contributed by atoms with E-state index in [1.54, 1.807) is 41.3 Å². The Bertz CT molecular complexity index is 726. The first-order chi connectivity index (χ1) is 11.5. The normalized spacial score (nSPS) is 20.7. The SMILES string of the molecule is CC1CCN(C(=O)c2cccc(NC(=O)c3ccco3)c2)CC1O. The van der Waals surface area contributed by atoms with Crippen LogP contribution in [0.5, 0.6) is 0 Å². The van der Waals surface area contributed by atoms with E-state index in [2.05, 4.69) is 5.32 Å². The smallest absolute Gasteiger partial charge is 0.291 e. The van der Waals surface area contributed by atoms with Gasteiger partial charge >= 0.3 is 0 Å². The average Bonchev–Trinajstić information content (AvgIpc) is 3.12. The first-order valence-corrected chi connectivity index (χ1v) is 7.97. The lowest BCUT2D eigenvalue weighted by molar-refractivity contribution is 0.0248. The molecule has 2 N–H and O–H groups in total. The summed E-state index contributed by atoms with van der Waals surface area (Å²) < 4.78 is 5.05. The van der Waals surface area contributed by atoms with Gasteiger partial charge in [0.05, 0.1) is 12.4 Å². The van der Waals surface area contributed by atoms with E-state index in [4.69, 9.17) is 4.42 Å². The molecule has 0 bridgehead atoms. The summed E-state index contributed by atoms with van der Waals surface area (Å²) in [5, 5.41) is 12.7. The molecule has 2 aromatic rings. The molecule has 0 radical (unpaired) electrons. The molecule has 1 aromatic carbocycles. The molecule has 2 amide bonds. The zero-order valence-electron chi connectivity index (χ0n) is 13.4. The Balaban J connectivity index is 1.71. The van der Waals surface area contributed by atoms with Crippen molar-refractivity contribution < 1.29 is 19.1 Å². The topological polar surface area (TPSA) is 82.8 Å². The molecule has 0 spiro atoms. The maximum atomic E-state index is 12.6. The van der Waals surface area contributed by atoms with Gasteiger partial charge in [0.15, 0.2) is 5.76 Å². The molecule has 1 fully saturated rings. The van der Waals surface area contributed by atoms with E-state index < -0.39 is 6.10 Å². The lowest BCUT2D eigenvalue weighted by Crippen LogP contribution is -2.45. The third-order valence-electron chi connectivity index (χ3n) is 4.32. The summed E-state index contributed by atoms with van der Waals surface area (Å²) in [5.74, 6) is -0.102. The van der Waals surface area contributed by atoms with Gasteiger partial charge < -0.3 is 19.7 Å². The number of hydrogen-bond acceptors (Lipinski definition) is 4. The molecule has 6 heteroatoms. The number of aliphatic hydroxyl groups excluding tert-OH is 1. The van der Waals surface area contributed by atoms with E-state index in [9.17, 15) is 14.7 Å². The third-order valence-corrected chi connectivity index (χ3v) is 4.32. The van der Waals surface area contributed by atoms with Crippen LogP contribution in [0.4, 0.5) is 5.69 Å². The second kappa shape index (κ2) is 6.88. The summed E-state index contributed by atoms with van der Waals surface area (Å²) in [6.07, 6.45) is 1.71. The number of nitrogens with zero attached hydrogens (tertiary/aromatic N) is 1. The van der Waals surface area contributed by atoms with E-state index in [0.717, 1.165) is 6.42 Å². The Hall–Kier alpha value is -2.60. The van der Waals surface area contributed by atoms with Crippen molar-refractivity contribution in [3.05, 3.63) is 54.0 Å². The minimum absolute atomic E-state index is 0.143. The first-order valence-electron chi connectivity index (χ1n) is 7.97. The molecular weight excluding hydrogens is 308 g/mol. The largest absolute Gasteiger partial charge is 0.459 e. The monoisotopic (exact) mass is 328 g/mol. The number of nitrogens with one attached hydrogen (secondary N) is 1. The lowest BCUT2D eigenvalue weighted by Gasteiger charge is -2.34. The summed E-state index contributed by atoms with van der Waals surface area (Å²) >= 11 is 0. The molecule has 6 nitrogen and oxygen atoms in total. The van der Waals surface area contributed by atoms with Gasteiger partial charge in [-0.15, -0.1) is 0 Å². The molecule has 2 atom stereocenters.